The molecule has 2 saturated heterocycles. The summed E-state index contributed by atoms with van der Waals surface area (Å²) in [6.07, 6.45) is -13.3. The highest BCUT2D eigenvalue weighted by molar-refractivity contribution is 4.90. The molecule has 0 spiro atoms. The Balaban J connectivity index is 2.01. The van der Waals surface area contributed by atoms with E-state index in [0.717, 1.165) is 0 Å². The zero-order chi connectivity index (χ0) is 15.7. The molecule has 2 heterocycles. The normalized spacial score (nSPS) is 51.9. The smallest absolute Gasteiger partial charge is 0.189 e. The Bertz CT molecular complexity index is 339. The first kappa shape index (κ1) is 17.0. The van der Waals surface area contributed by atoms with Crippen molar-refractivity contribution in [3.8, 4) is 0 Å². The summed E-state index contributed by atoms with van der Waals surface area (Å²) in [5.74, 6) is 0. The molecule has 0 bridgehead atoms. The Morgan fingerprint density at radius 3 is 2.05 bits per heavy atom. The van der Waals surface area contributed by atoms with E-state index in [0.29, 0.717) is 0 Å². The van der Waals surface area contributed by atoms with Crippen molar-refractivity contribution in [2.75, 3.05) is 13.2 Å². The Morgan fingerprint density at radius 2 is 1.43 bits per heavy atom. The van der Waals surface area contributed by atoms with Gasteiger partial charge in [0.2, 0.25) is 0 Å². The van der Waals surface area contributed by atoms with Gasteiger partial charge in [0.15, 0.2) is 12.6 Å². The summed E-state index contributed by atoms with van der Waals surface area (Å²) in [5, 5.41) is 66.5. The Morgan fingerprint density at radius 1 is 0.810 bits per heavy atom. The first-order valence-corrected chi connectivity index (χ1v) is 6.48. The predicted octanol–water partition coefficient (Wildman–Crippen LogP) is -4.76. The minimum absolute atomic E-state index is 0.305. The second-order valence-corrected chi connectivity index (χ2v) is 5.08. The first-order chi connectivity index (χ1) is 9.86. The third-order valence-electron chi connectivity index (χ3n) is 3.57. The number of rotatable bonds is 3. The standard InChI is InChI=1S/C11H20O10/c12-1-4-6(15)7(16)9(18)11(20-4)21-10-8(17)5(14)3(13)2-19-10/h3-18H,1-2H2/t3-,4-,5-,6-,7+,8+,9-,10-,11+/m0/s1. The molecule has 10 nitrogen and oxygen atoms in total. The van der Waals surface area contributed by atoms with Crippen LogP contribution in [0.15, 0.2) is 0 Å². The van der Waals surface area contributed by atoms with Crippen LogP contribution in [0, 0.1) is 0 Å². The van der Waals surface area contributed by atoms with Crippen LogP contribution in [-0.4, -0.2) is 104 Å². The van der Waals surface area contributed by atoms with Gasteiger partial charge in [0.05, 0.1) is 13.2 Å². The number of hydrogen-bond donors (Lipinski definition) is 7. The van der Waals surface area contributed by atoms with Crippen LogP contribution in [0.3, 0.4) is 0 Å². The van der Waals surface area contributed by atoms with Crippen molar-refractivity contribution in [3.63, 3.8) is 0 Å². The van der Waals surface area contributed by atoms with Gasteiger partial charge in [-0.3, -0.25) is 0 Å². The average molecular weight is 312 g/mol. The molecule has 2 aliphatic heterocycles. The van der Waals surface area contributed by atoms with Crippen LogP contribution in [0.5, 0.6) is 0 Å². The molecule has 21 heavy (non-hydrogen) atoms. The van der Waals surface area contributed by atoms with E-state index in [1.54, 1.807) is 0 Å². The fourth-order valence-electron chi connectivity index (χ4n) is 2.21. The zero-order valence-corrected chi connectivity index (χ0v) is 11.0. The summed E-state index contributed by atoms with van der Waals surface area (Å²) in [7, 11) is 0. The fraction of sp³-hybridized carbons (Fsp3) is 1.00. The molecule has 7 N–H and O–H groups in total. The maximum Gasteiger partial charge on any atom is 0.189 e. The highest BCUT2D eigenvalue weighted by Gasteiger charge is 2.47. The van der Waals surface area contributed by atoms with Gasteiger partial charge in [-0.05, 0) is 0 Å². The molecule has 0 radical (unpaired) electrons. The zero-order valence-electron chi connectivity index (χ0n) is 11.0. The van der Waals surface area contributed by atoms with Gasteiger partial charge in [-0.2, -0.15) is 0 Å². The van der Waals surface area contributed by atoms with E-state index in [9.17, 15) is 30.6 Å². The molecule has 2 fully saturated rings. The lowest BCUT2D eigenvalue weighted by Crippen LogP contribution is -2.62. The molecule has 0 aliphatic carbocycles. The predicted molar refractivity (Wildman–Crippen MR) is 62.6 cm³/mol. The monoisotopic (exact) mass is 312 g/mol. The summed E-state index contributed by atoms with van der Waals surface area (Å²) in [4.78, 5) is 0. The molecule has 0 aromatic carbocycles. The van der Waals surface area contributed by atoms with Gasteiger partial charge < -0.3 is 50.0 Å². The number of aliphatic hydroxyl groups excluding tert-OH is 7. The summed E-state index contributed by atoms with van der Waals surface area (Å²) < 4.78 is 15.2. The van der Waals surface area contributed by atoms with Gasteiger partial charge in [-0.25, -0.2) is 0 Å². The third kappa shape index (κ3) is 3.35. The lowest BCUT2D eigenvalue weighted by molar-refractivity contribution is -0.365. The van der Waals surface area contributed by atoms with Crippen LogP contribution < -0.4 is 0 Å². The van der Waals surface area contributed by atoms with Gasteiger partial charge in [0, 0.05) is 0 Å². The van der Waals surface area contributed by atoms with Crippen molar-refractivity contribution in [1.82, 2.24) is 0 Å². The molecule has 0 aromatic heterocycles. The molecule has 9 atom stereocenters. The van der Waals surface area contributed by atoms with E-state index >= 15 is 0 Å². The second-order valence-electron chi connectivity index (χ2n) is 5.08. The highest BCUT2D eigenvalue weighted by atomic mass is 16.8. The van der Waals surface area contributed by atoms with Gasteiger partial charge in [-0.15, -0.1) is 0 Å². The SMILES string of the molecule is OC[C@@H]1O[C@H](O[C@@H]2OC[C@H](O)[C@H](O)[C@H]2O)[C@@H](O)[C@H](O)[C@H]1O. The van der Waals surface area contributed by atoms with Crippen LogP contribution in [0.25, 0.3) is 0 Å². The molecule has 10 heteroatoms. The summed E-state index contributed by atoms with van der Waals surface area (Å²) in [6, 6.07) is 0. The van der Waals surface area contributed by atoms with E-state index < -0.39 is 61.9 Å². The highest BCUT2D eigenvalue weighted by Crippen LogP contribution is 2.25. The van der Waals surface area contributed by atoms with Crippen LogP contribution in [0.2, 0.25) is 0 Å². The van der Waals surface area contributed by atoms with E-state index in [4.69, 9.17) is 19.3 Å². The van der Waals surface area contributed by atoms with Crippen molar-refractivity contribution in [2.45, 2.75) is 55.3 Å². The average Bonchev–Trinajstić information content (AvgIpc) is 2.48. The maximum atomic E-state index is 9.77. The molecule has 2 rings (SSSR count). The van der Waals surface area contributed by atoms with Crippen molar-refractivity contribution >= 4 is 0 Å². The van der Waals surface area contributed by atoms with E-state index in [-0.39, 0.29) is 6.61 Å². The Kier molecular flexibility index (Phi) is 5.48. The minimum atomic E-state index is -1.65. The largest absolute Gasteiger partial charge is 0.394 e. The van der Waals surface area contributed by atoms with Crippen molar-refractivity contribution in [3.05, 3.63) is 0 Å². The molecular weight excluding hydrogens is 292 g/mol. The van der Waals surface area contributed by atoms with Crippen molar-refractivity contribution in [2.24, 2.45) is 0 Å². The van der Waals surface area contributed by atoms with Gasteiger partial charge >= 0.3 is 0 Å². The first-order valence-electron chi connectivity index (χ1n) is 6.48. The summed E-state index contributed by atoms with van der Waals surface area (Å²) in [5.41, 5.74) is 0. The number of ether oxygens (including phenoxy) is 3. The fourth-order valence-corrected chi connectivity index (χ4v) is 2.21. The van der Waals surface area contributed by atoms with E-state index in [1.165, 1.54) is 0 Å². The Hall–Kier alpha value is -0.400. The third-order valence-corrected chi connectivity index (χ3v) is 3.57. The van der Waals surface area contributed by atoms with Crippen LogP contribution in [-0.2, 0) is 14.2 Å². The van der Waals surface area contributed by atoms with Crippen molar-refractivity contribution < 1.29 is 50.0 Å². The summed E-state index contributed by atoms with van der Waals surface area (Å²) >= 11 is 0. The van der Waals surface area contributed by atoms with E-state index in [2.05, 4.69) is 0 Å². The van der Waals surface area contributed by atoms with Crippen LogP contribution in [0.1, 0.15) is 0 Å². The van der Waals surface area contributed by atoms with Crippen molar-refractivity contribution in [1.29, 1.82) is 0 Å². The molecule has 0 aromatic rings. The van der Waals surface area contributed by atoms with Gasteiger partial charge in [0.25, 0.3) is 0 Å². The molecule has 0 unspecified atom stereocenters. The maximum absolute atomic E-state index is 9.77. The van der Waals surface area contributed by atoms with Gasteiger partial charge in [0.1, 0.15) is 42.7 Å². The number of aliphatic hydroxyl groups is 7. The summed E-state index contributed by atoms with van der Waals surface area (Å²) in [6.45, 7) is -0.930. The van der Waals surface area contributed by atoms with Gasteiger partial charge in [-0.1, -0.05) is 0 Å². The lowest BCUT2D eigenvalue weighted by Gasteiger charge is -2.42. The lowest BCUT2D eigenvalue weighted by atomic mass is 9.99. The molecule has 0 amide bonds. The van der Waals surface area contributed by atoms with Crippen LogP contribution in [0.4, 0.5) is 0 Å². The topological polar surface area (TPSA) is 169 Å². The molecule has 2 aliphatic rings. The minimum Gasteiger partial charge on any atom is -0.394 e. The van der Waals surface area contributed by atoms with E-state index in [1.807, 2.05) is 0 Å². The van der Waals surface area contributed by atoms with Crippen LogP contribution >= 0.6 is 0 Å². The Labute approximate surface area is 119 Å². The number of hydrogen-bond acceptors (Lipinski definition) is 10. The second kappa shape index (κ2) is 6.79. The quantitative estimate of drug-likeness (QED) is 0.268. The molecule has 0 saturated carbocycles. The molecular formula is C11H20O10. The molecule has 124 valence electrons.